The number of ether oxygens (including phenoxy) is 1. The van der Waals surface area contributed by atoms with Crippen LogP contribution in [0.25, 0.3) is 0 Å². The fourth-order valence-electron chi connectivity index (χ4n) is 3.12. The largest absolute Gasteiger partial charge is 0.390 e. The molecule has 1 saturated carbocycles. The normalized spacial score (nSPS) is 22.0. The quantitative estimate of drug-likeness (QED) is 0.894. The lowest BCUT2D eigenvalue weighted by Crippen LogP contribution is -2.49. The number of aliphatic hydroxyl groups is 1. The van der Waals surface area contributed by atoms with Crippen molar-refractivity contribution in [1.82, 2.24) is 0 Å². The van der Waals surface area contributed by atoms with E-state index in [0.717, 1.165) is 25.7 Å². The molecule has 0 radical (unpaired) electrons. The Bertz CT molecular complexity index is 492. The van der Waals surface area contributed by atoms with Crippen molar-refractivity contribution >= 4 is 11.6 Å². The maximum absolute atomic E-state index is 14.0. The highest BCUT2D eigenvalue weighted by atomic mass is 35.5. The van der Waals surface area contributed by atoms with Crippen molar-refractivity contribution in [2.75, 3.05) is 7.11 Å². The molecule has 1 N–H and O–H groups in total. The Kier molecular flexibility index (Phi) is 4.96. The second-order valence-electron chi connectivity index (χ2n) is 6.87. The topological polar surface area (TPSA) is 29.5 Å². The lowest BCUT2D eigenvalue weighted by Gasteiger charge is -2.45. The van der Waals surface area contributed by atoms with E-state index in [2.05, 4.69) is 13.8 Å². The summed E-state index contributed by atoms with van der Waals surface area (Å²) in [6, 6.07) is 4.89. The second kappa shape index (κ2) is 6.23. The van der Waals surface area contributed by atoms with Crippen LogP contribution in [0.3, 0.4) is 0 Å². The van der Waals surface area contributed by atoms with E-state index in [1.807, 2.05) is 0 Å². The van der Waals surface area contributed by atoms with Gasteiger partial charge in [0.05, 0.1) is 16.7 Å². The monoisotopic (exact) mass is 314 g/mol. The van der Waals surface area contributed by atoms with Crippen LogP contribution in [-0.2, 0) is 11.2 Å². The summed E-state index contributed by atoms with van der Waals surface area (Å²) in [7, 11) is 1.63. The molecular weight excluding hydrogens is 291 g/mol. The van der Waals surface area contributed by atoms with Crippen LogP contribution >= 0.6 is 11.6 Å². The Morgan fingerprint density at radius 1 is 1.29 bits per heavy atom. The molecule has 0 saturated heterocycles. The molecule has 1 unspecified atom stereocenters. The average Bonchev–Trinajstić information content (AvgIpc) is 2.44. The zero-order valence-electron chi connectivity index (χ0n) is 13.0. The molecule has 0 bridgehead atoms. The molecule has 0 heterocycles. The minimum Gasteiger partial charge on any atom is -0.390 e. The van der Waals surface area contributed by atoms with Gasteiger partial charge in [0.25, 0.3) is 0 Å². The Labute approximate surface area is 131 Å². The molecule has 0 aliphatic heterocycles. The first-order valence-electron chi connectivity index (χ1n) is 7.46. The summed E-state index contributed by atoms with van der Waals surface area (Å²) in [6.07, 6.45) is 3.07. The van der Waals surface area contributed by atoms with Crippen LogP contribution in [0.5, 0.6) is 0 Å². The molecular formula is C17H24ClFO2. The maximum atomic E-state index is 14.0. The summed E-state index contributed by atoms with van der Waals surface area (Å²) in [6.45, 7) is 4.46. The molecule has 1 aromatic carbocycles. The summed E-state index contributed by atoms with van der Waals surface area (Å²) in [5, 5.41) is 10.7. The zero-order valence-corrected chi connectivity index (χ0v) is 13.7. The summed E-state index contributed by atoms with van der Waals surface area (Å²) in [5.41, 5.74) is 0.143. The molecule has 21 heavy (non-hydrogen) atoms. The van der Waals surface area contributed by atoms with Crippen molar-refractivity contribution in [3.05, 3.63) is 34.6 Å². The molecule has 0 aromatic heterocycles. The van der Waals surface area contributed by atoms with Crippen LogP contribution in [-0.4, -0.2) is 23.9 Å². The molecule has 2 rings (SSSR count). The summed E-state index contributed by atoms with van der Waals surface area (Å²) >= 11 is 5.80. The van der Waals surface area contributed by atoms with Gasteiger partial charge >= 0.3 is 0 Å². The van der Waals surface area contributed by atoms with Crippen molar-refractivity contribution in [3.63, 3.8) is 0 Å². The number of halogens is 2. The Morgan fingerprint density at radius 2 is 1.90 bits per heavy atom. The van der Waals surface area contributed by atoms with E-state index in [9.17, 15) is 9.50 Å². The first-order valence-corrected chi connectivity index (χ1v) is 7.84. The van der Waals surface area contributed by atoms with Crippen LogP contribution in [0.2, 0.25) is 5.02 Å². The summed E-state index contributed by atoms with van der Waals surface area (Å²) in [5.74, 6) is -0.444. The van der Waals surface area contributed by atoms with Gasteiger partial charge in [0.1, 0.15) is 5.82 Å². The molecule has 1 aliphatic rings. The third-order valence-electron chi connectivity index (χ3n) is 4.91. The first kappa shape index (κ1) is 16.7. The van der Waals surface area contributed by atoms with E-state index >= 15 is 0 Å². The van der Waals surface area contributed by atoms with Gasteiger partial charge in [-0.05, 0) is 42.7 Å². The van der Waals surface area contributed by atoms with Gasteiger partial charge in [0.2, 0.25) is 0 Å². The number of aliphatic hydroxyl groups excluding tert-OH is 1. The molecule has 1 aliphatic carbocycles. The van der Waals surface area contributed by atoms with Gasteiger partial charge in [0.15, 0.2) is 0 Å². The van der Waals surface area contributed by atoms with Gasteiger partial charge in [-0.3, -0.25) is 0 Å². The van der Waals surface area contributed by atoms with Crippen molar-refractivity contribution in [1.29, 1.82) is 0 Å². The van der Waals surface area contributed by atoms with Gasteiger partial charge in [-0.25, -0.2) is 4.39 Å². The number of rotatable bonds is 4. The Balaban J connectivity index is 2.14. The highest BCUT2D eigenvalue weighted by Crippen LogP contribution is 2.44. The van der Waals surface area contributed by atoms with Gasteiger partial charge < -0.3 is 9.84 Å². The van der Waals surface area contributed by atoms with Gasteiger partial charge in [-0.2, -0.15) is 0 Å². The maximum Gasteiger partial charge on any atom is 0.145 e. The van der Waals surface area contributed by atoms with E-state index < -0.39 is 17.5 Å². The molecule has 1 fully saturated rings. The Hall–Kier alpha value is -0.640. The third-order valence-corrected chi connectivity index (χ3v) is 5.20. The summed E-state index contributed by atoms with van der Waals surface area (Å²) in [4.78, 5) is 0. The van der Waals surface area contributed by atoms with E-state index in [-0.39, 0.29) is 16.9 Å². The van der Waals surface area contributed by atoms with Crippen molar-refractivity contribution in [2.45, 2.75) is 57.7 Å². The van der Waals surface area contributed by atoms with Crippen LogP contribution in [0.15, 0.2) is 18.2 Å². The predicted molar refractivity (Wildman–Crippen MR) is 83.1 cm³/mol. The highest BCUT2D eigenvalue weighted by molar-refractivity contribution is 6.30. The average molecular weight is 315 g/mol. The van der Waals surface area contributed by atoms with Gasteiger partial charge in [-0.1, -0.05) is 37.6 Å². The highest BCUT2D eigenvalue weighted by Gasteiger charge is 2.43. The van der Waals surface area contributed by atoms with E-state index in [1.54, 1.807) is 19.2 Å². The minimum atomic E-state index is -0.730. The molecule has 4 heteroatoms. The van der Waals surface area contributed by atoms with E-state index in [1.165, 1.54) is 6.07 Å². The third kappa shape index (κ3) is 3.58. The fraction of sp³-hybridized carbons (Fsp3) is 0.647. The van der Waals surface area contributed by atoms with Crippen molar-refractivity contribution < 1.29 is 14.2 Å². The number of hydrogen-bond acceptors (Lipinski definition) is 2. The lowest BCUT2D eigenvalue weighted by molar-refractivity contribution is -0.135. The predicted octanol–water partition coefficient (Wildman–Crippen LogP) is 4.37. The smallest absolute Gasteiger partial charge is 0.145 e. The first-order chi connectivity index (χ1) is 9.80. The molecule has 2 nitrogen and oxygen atoms in total. The molecule has 1 aromatic rings. The molecule has 0 spiro atoms. The zero-order chi connectivity index (χ0) is 15.7. The van der Waals surface area contributed by atoms with Crippen LogP contribution in [0, 0.1) is 11.2 Å². The van der Waals surface area contributed by atoms with Crippen molar-refractivity contribution in [3.8, 4) is 0 Å². The van der Waals surface area contributed by atoms with E-state index in [0.29, 0.717) is 5.56 Å². The van der Waals surface area contributed by atoms with E-state index in [4.69, 9.17) is 16.3 Å². The summed E-state index contributed by atoms with van der Waals surface area (Å²) < 4.78 is 19.7. The van der Waals surface area contributed by atoms with Crippen molar-refractivity contribution in [2.24, 2.45) is 5.41 Å². The molecule has 0 amide bonds. The molecule has 1 atom stereocenters. The number of benzene rings is 1. The number of hydrogen-bond donors (Lipinski definition) is 1. The molecule has 118 valence electrons. The van der Waals surface area contributed by atoms with Gasteiger partial charge in [-0.15, -0.1) is 0 Å². The SMILES string of the molecule is COC1(C(O)Cc2cccc(Cl)c2F)CCC(C)(C)CC1. The van der Waals surface area contributed by atoms with Crippen LogP contribution in [0.1, 0.15) is 45.1 Å². The Morgan fingerprint density at radius 3 is 2.48 bits per heavy atom. The van der Waals surface area contributed by atoms with Gasteiger partial charge in [0, 0.05) is 13.5 Å². The number of methoxy groups -OCH3 is 1. The fourth-order valence-corrected chi connectivity index (χ4v) is 3.32. The van der Waals surface area contributed by atoms with Crippen LogP contribution in [0.4, 0.5) is 4.39 Å². The second-order valence-corrected chi connectivity index (χ2v) is 7.27. The standard InChI is InChI=1S/C17H24ClFO2/c1-16(2)7-9-17(21-3,10-8-16)14(20)11-12-5-4-6-13(18)15(12)19/h4-6,14,20H,7-11H2,1-3H3. The minimum absolute atomic E-state index is 0.0935. The van der Waals surface area contributed by atoms with Crippen LogP contribution < -0.4 is 0 Å². The lowest BCUT2D eigenvalue weighted by atomic mass is 9.68.